The third kappa shape index (κ3) is 3.65. The van der Waals surface area contributed by atoms with Crippen molar-refractivity contribution in [1.82, 2.24) is 19.9 Å². The van der Waals surface area contributed by atoms with Gasteiger partial charge in [0.25, 0.3) is 0 Å². The molecule has 1 aromatic heterocycles. The molecule has 4 N–H and O–H groups in total. The first-order valence-electron chi connectivity index (χ1n) is 6.43. The van der Waals surface area contributed by atoms with Crippen LogP contribution in [0.25, 0.3) is 0 Å². The number of likely N-dealkylation sites (tertiary alicyclic amines) is 1. The van der Waals surface area contributed by atoms with Crippen molar-refractivity contribution in [2.75, 3.05) is 38.0 Å². The van der Waals surface area contributed by atoms with Crippen molar-refractivity contribution in [3.05, 3.63) is 0 Å². The molecule has 0 aliphatic carbocycles. The van der Waals surface area contributed by atoms with E-state index >= 15 is 0 Å². The lowest BCUT2D eigenvalue weighted by molar-refractivity contribution is 0.194. The van der Waals surface area contributed by atoms with E-state index in [1.807, 2.05) is 0 Å². The molecule has 19 heavy (non-hydrogen) atoms. The van der Waals surface area contributed by atoms with Gasteiger partial charge in [-0.15, -0.1) is 0 Å². The Kier molecular flexibility index (Phi) is 4.69. The first-order chi connectivity index (χ1) is 9.22. The third-order valence-corrected chi connectivity index (χ3v) is 3.34. The van der Waals surface area contributed by atoms with E-state index in [2.05, 4.69) is 37.6 Å². The molecule has 8 heteroatoms. The van der Waals surface area contributed by atoms with Crippen LogP contribution in [0, 0.1) is 0 Å². The summed E-state index contributed by atoms with van der Waals surface area (Å²) < 4.78 is 5.00. The Morgan fingerprint density at radius 3 is 2.79 bits per heavy atom. The first-order valence-corrected chi connectivity index (χ1v) is 6.43. The fraction of sp³-hybridized carbons (Fsp3) is 0.727. The fourth-order valence-electron chi connectivity index (χ4n) is 2.20. The number of rotatable bonds is 5. The number of ether oxygens (including phenoxy) is 1. The van der Waals surface area contributed by atoms with Gasteiger partial charge in [0.15, 0.2) is 0 Å². The van der Waals surface area contributed by atoms with Crippen LogP contribution in [0.2, 0.25) is 0 Å². The molecule has 1 atom stereocenters. The summed E-state index contributed by atoms with van der Waals surface area (Å²) in [6, 6.07) is 0.744. The van der Waals surface area contributed by atoms with E-state index in [1.54, 1.807) is 0 Å². The van der Waals surface area contributed by atoms with Crippen molar-refractivity contribution in [1.29, 1.82) is 0 Å². The predicted octanol–water partition coefficient (Wildman–Crippen LogP) is 0.0620. The second kappa shape index (κ2) is 6.48. The molecule has 2 rings (SSSR count). The highest BCUT2D eigenvalue weighted by Crippen LogP contribution is 2.16. The van der Waals surface area contributed by atoms with Crippen molar-refractivity contribution in [3.8, 4) is 6.01 Å². The molecule has 8 nitrogen and oxygen atoms in total. The maximum Gasteiger partial charge on any atom is 0.322 e. The Bertz CT molecular complexity index is 392. The normalized spacial score (nSPS) is 20.1. The average Bonchev–Trinajstić information content (AvgIpc) is 2.46. The van der Waals surface area contributed by atoms with Crippen molar-refractivity contribution >= 4 is 11.9 Å². The summed E-state index contributed by atoms with van der Waals surface area (Å²) in [7, 11) is 3.65. The average molecular weight is 267 g/mol. The lowest BCUT2D eigenvalue weighted by atomic mass is 10.0. The van der Waals surface area contributed by atoms with Crippen molar-refractivity contribution < 1.29 is 4.74 Å². The number of hydrogen-bond acceptors (Lipinski definition) is 8. The monoisotopic (exact) mass is 267 g/mol. The van der Waals surface area contributed by atoms with Crippen molar-refractivity contribution in [3.63, 3.8) is 0 Å². The molecule has 0 amide bonds. The second-order valence-corrected chi connectivity index (χ2v) is 4.62. The van der Waals surface area contributed by atoms with Gasteiger partial charge in [-0.3, -0.25) is 5.43 Å². The van der Waals surface area contributed by atoms with E-state index in [4.69, 9.17) is 10.6 Å². The molecule has 2 heterocycles. The fourth-order valence-corrected chi connectivity index (χ4v) is 2.20. The quantitative estimate of drug-likeness (QED) is 0.508. The lowest BCUT2D eigenvalue weighted by Gasteiger charge is -2.32. The number of nitrogens with two attached hydrogens (primary N) is 1. The molecule has 106 valence electrons. The maximum absolute atomic E-state index is 5.31. The van der Waals surface area contributed by atoms with Gasteiger partial charge in [0, 0.05) is 12.6 Å². The van der Waals surface area contributed by atoms with Gasteiger partial charge in [-0.25, -0.2) is 5.84 Å². The van der Waals surface area contributed by atoms with Gasteiger partial charge in [0.05, 0.1) is 7.11 Å². The summed E-state index contributed by atoms with van der Waals surface area (Å²) in [5.41, 5.74) is 2.40. The van der Waals surface area contributed by atoms with Gasteiger partial charge in [-0.2, -0.15) is 15.0 Å². The number of nitrogens with one attached hydrogen (secondary N) is 2. The number of hydrazine groups is 1. The highest BCUT2D eigenvalue weighted by Gasteiger charge is 2.19. The van der Waals surface area contributed by atoms with Crippen LogP contribution in [0.3, 0.4) is 0 Å². The van der Waals surface area contributed by atoms with Crippen molar-refractivity contribution in [2.45, 2.75) is 25.3 Å². The highest BCUT2D eigenvalue weighted by atomic mass is 16.5. The summed E-state index contributed by atoms with van der Waals surface area (Å²) in [6.07, 6.45) is 3.73. The molecule has 1 fully saturated rings. The summed E-state index contributed by atoms with van der Waals surface area (Å²) in [4.78, 5) is 14.6. The van der Waals surface area contributed by atoms with Crippen LogP contribution in [-0.2, 0) is 0 Å². The Balaban J connectivity index is 1.98. The first kappa shape index (κ1) is 13.8. The number of methoxy groups -OCH3 is 1. The highest BCUT2D eigenvalue weighted by molar-refractivity contribution is 5.35. The number of anilines is 2. The van der Waals surface area contributed by atoms with Crippen LogP contribution in [0.5, 0.6) is 6.01 Å². The second-order valence-electron chi connectivity index (χ2n) is 4.62. The molecule has 1 aliphatic heterocycles. The molecule has 1 aromatic rings. The number of nitrogen functional groups attached to an aromatic ring is 1. The molecular formula is C11H21N7O. The molecule has 0 spiro atoms. The van der Waals surface area contributed by atoms with E-state index in [0.29, 0.717) is 12.0 Å². The van der Waals surface area contributed by atoms with E-state index in [-0.39, 0.29) is 12.0 Å². The zero-order chi connectivity index (χ0) is 13.7. The van der Waals surface area contributed by atoms with Gasteiger partial charge in [0.1, 0.15) is 0 Å². The zero-order valence-corrected chi connectivity index (χ0v) is 11.4. The van der Waals surface area contributed by atoms with Gasteiger partial charge in [0.2, 0.25) is 11.9 Å². The number of nitrogens with zero attached hydrogens (tertiary/aromatic N) is 4. The Morgan fingerprint density at radius 1 is 1.32 bits per heavy atom. The molecule has 1 aliphatic rings. The Morgan fingerprint density at radius 2 is 2.11 bits per heavy atom. The van der Waals surface area contributed by atoms with Crippen LogP contribution in [0.1, 0.15) is 19.3 Å². The van der Waals surface area contributed by atoms with E-state index < -0.39 is 0 Å². The van der Waals surface area contributed by atoms with E-state index in [1.165, 1.54) is 26.4 Å². The number of aromatic nitrogens is 3. The van der Waals surface area contributed by atoms with Gasteiger partial charge < -0.3 is 15.0 Å². The summed E-state index contributed by atoms with van der Waals surface area (Å²) >= 11 is 0. The molecular weight excluding hydrogens is 246 g/mol. The van der Waals surface area contributed by atoms with Gasteiger partial charge in [-0.05, 0) is 26.4 Å². The van der Waals surface area contributed by atoms with Crippen LogP contribution in [-0.4, -0.2) is 53.1 Å². The standard InChI is InChI=1S/C11H21N7O/c1-18-6-4-3-5-8(18)7-13-9-14-10(17-12)16-11(15-9)19-2/h8H,3-7,12H2,1-2H3,(H2,13,14,15,16,17). The van der Waals surface area contributed by atoms with Gasteiger partial charge in [-0.1, -0.05) is 6.42 Å². The van der Waals surface area contributed by atoms with Crippen LogP contribution < -0.4 is 21.3 Å². The van der Waals surface area contributed by atoms with E-state index in [0.717, 1.165) is 13.1 Å². The van der Waals surface area contributed by atoms with E-state index in [9.17, 15) is 0 Å². The SMILES string of the molecule is COc1nc(NN)nc(NCC2CCCCN2C)n1. The minimum Gasteiger partial charge on any atom is -0.467 e. The maximum atomic E-state index is 5.31. The minimum absolute atomic E-state index is 0.238. The van der Waals surface area contributed by atoms with Crippen LogP contribution in [0.15, 0.2) is 0 Å². The largest absolute Gasteiger partial charge is 0.467 e. The number of hydrogen-bond donors (Lipinski definition) is 3. The summed E-state index contributed by atoms with van der Waals surface area (Å²) in [6.45, 7) is 1.94. The molecule has 0 saturated carbocycles. The molecule has 1 unspecified atom stereocenters. The Labute approximate surface area is 112 Å². The zero-order valence-electron chi connectivity index (χ0n) is 11.4. The molecule has 0 radical (unpaired) electrons. The predicted molar refractivity (Wildman–Crippen MR) is 72.9 cm³/mol. The van der Waals surface area contributed by atoms with Gasteiger partial charge >= 0.3 is 6.01 Å². The van der Waals surface area contributed by atoms with Crippen LogP contribution >= 0.6 is 0 Å². The number of piperidine rings is 1. The minimum atomic E-state index is 0.238. The molecule has 0 bridgehead atoms. The summed E-state index contributed by atoms with van der Waals surface area (Å²) in [5.74, 6) is 6.06. The molecule has 1 saturated heterocycles. The lowest BCUT2D eigenvalue weighted by Crippen LogP contribution is -2.41. The third-order valence-electron chi connectivity index (χ3n) is 3.34. The molecule has 0 aromatic carbocycles. The van der Waals surface area contributed by atoms with Crippen LogP contribution in [0.4, 0.5) is 11.9 Å². The van der Waals surface area contributed by atoms with Crippen molar-refractivity contribution in [2.24, 2.45) is 5.84 Å². The number of likely N-dealkylation sites (N-methyl/N-ethyl adjacent to an activating group) is 1. The Hall–Kier alpha value is -1.67. The summed E-state index contributed by atoms with van der Waals surface area (Å²) in [5, 5.41) is 3.21. The smallest absolute Gasteiger partial charge is 0.322 e. The topological polar surface area (TPSA) is 101 Å².